The Hall–Kier alpha value is -2.35. The van der Waals surface area contributed by atoms with Crippen LogP contribution in [0, 0.1) is 0 Å². The van der Waals surface area contributed by atoms with Crippen LogP contribution in [0.5, 0.6) is 0 Å². The highest BCUT2D eigenvalue weighted by atomic mass is 15.1. The number of imidazole rings is 1. The van der Waals surface area contributed by atoms with Gasteiger partial charge < -0.3 is 0 Å². The van der Waals surface area contributed by atoms with Crippen molar-refractivity contribution >= 4 is 0 Å². The van der Waals surface area contributed by atoms with Crippen LogP contribution in [-0.2, 0) is 18.4 Å². The average Bonchev–Trinajstić information content (AvgIpc) is 3.64. The van der Waals surface area contributed by atoms with E-state index >= 15 is 0 Å². The van der Waals surface area contributed by atoms with Gasteiger partial charge in [0.2, 0.25) is 6.33 Å². The Balaban J connectivity index is 1.44. The molecule has 1 aromatic heterocycles. The lowest BCUT2D eigenvalue weighted by molar-refractivity contribution is -0.697. The van der Waals surface area contributed by atoms with Crippen LogP contribution in [0.3, 0.4) is 0 Å². The quantitative estimate of drug-likeness (QED) is 0.0431. The number of benzene rings is 2. The molecular weight excluding hydrogens is 629 g/mol. The fraction of sp³-hybridized carbons (Fsp3) is 0.700. The highest BCUT2D eigenvalue weighted by Crippen LogP contribution is 2.41. The molecular formula is C50H83N2+. The lowest BCUT2D eigenvalue weighted by Crippen LogP contribution is -2.38. The molecule has 292 valence electrons. The highest BCUT2D eigenvalue weighted by Gasteiger charge is 2.40. The lowest BCUT2D eigenvalue weighted by Gasteiger charge is -2.37. The fourth-order valence-electron chi connectivity index (χ4n) is 8.62. The van der Waals surface area contributed by atoms with Gasteiger partial charge in [0.05, 0.1) is 6.54 Å². The standard InChI is InChI=1S/C50H83N2/c1-4-6-8-10-12-14-16-17-18-19-20-21-22-24-26-28-36-42-51-43-44-52(46-51)49(41-35-27-25-23-15-13-11-9-7-5-2)50(3,48-39-33-30-34-40-48)45-47-37-31-29-32-38-47/h29-34,37-40,43-44,46,49H,4-28,35-36,41-42,45H2,1-3H3/q+1. The van der Waals surface area contributed by atoms with Crippen LogP contribution in [0.4, 0.5) is 0 Å². The second-order valence-electron chi connectivity index (χ2n) is 16.7. The van der Waals surface area contributed by atoms with Crippen molar-refractivity contribution < 1.29 is 4.57 Å². The Bertz CT molecular complexity index is 1200. The summed E-state index contributed by atoms with van der Waals surface area (Å²) >= 11 is 0. The van der Waals surface area contributed by atoms with Gasteiger partial charge in [-0.15, -0.1) is 0 Å². The Labute approximate surface area is 323 Å². The van der Waals surface area contributed by atoms with Gasteiger partial charge in [-0.3, -0.25) is 0 Å². The Morgan fingerprint density at radius 3 is 1.37 bits per heavy atom. The summed E-state index contributed by atoms with van der Waals surface area (Å²) in [5.41, 5.74) is 2.90. The van der Waals surface area contributed by atoms with Gasteiger partial charge in [0.1, 0.15) is 18.4 Å². The van der Waals surface area contributed by atoms with Gasteiger partial charge in [0.15, 0.2) is 0 Å². The van der Waals surface area contributed by atoms with Crippen molar-refractivity contribution in [3.8, 4) is 0 Å². The normalized spacial score (nSPS) is 13.4. The maximum absolute atomic E-state index is 2.59. The fourth-order valence-corrected chi connectivity index (χ4v) is 8.62. The molecule has 0 N–H and O–H groups in total. The van der Waals surface area contributed by atoms with Crippen LogP contribution in [0.25, 0.3) is 0 Å². The first-order chi connectivity index (χ1) is 25.7. The minimum absolute atomic E-state index is 0.00657. The van der Waals surface area contributed by atoms with E-state index in [9.17, 15) is 0 Å². The molecule has 0 radical (unpaired) electrons. The Morgan fingerprint density at radius 1 is 0.500 bits per heavy atom. The number of hydrogen-bond acceptors (Lipinski definition) is 0. The van der Waals surface area contributed by atoms with E-state index in [-0.39, 0.29) is 5.41 Å². The van der Waals surface area contributed by atoms with Crippen molar-refractivity contribution in [2.45, 2.75) is 225 Å². The molecule has 0 fully saturated rings. The van der Waals surface area contributed by atoms with Gasteiger partial charge in [0.25, 0.3) is 0 Å². The molecule has 1 heterocycles. The van der Waals surface area contributed by atoms with Crippen LogP contribution in [0.2, 0.25) is 0 Å². The monoisotopic (exact) mass is 712 g/mol. The second kappa shape index (κ2) is 29.1. The van der Waals surface area contributed by atoms with E-state index < -0.39 is 0 Å². The number of unbranched alkanes of at least 4 members (excludes halogenated alkanes) is 25. The minimum Gasteiger partial charge on any atom is -0.237 e. The average molecular weight is 712 g/mol. The number of nitrogens with zero attached hydrogens (tertiary/aromatic N) is 2. The molecule has 52 heavy (non-hydrogen) atoms. The molecule has 0 amide bonds. The van der Waals surface area contributed by atoms with Crippen LogP contribution in [0.15, 0.2) is 79.4 Å². The van der Waals surface area contributed by atoms with Crippen LogP contribution >= 0.6 is 0 Å². The van der Waals surface area contributed by atoms with Gasteiger partial charge in [-0.1, -0.05) is 236 Å². The predicted octanol–water partition coefficient (Wildman–Crippen LogP) is 15.5. The number of rotatable bonds is 34. The number of aromatic nitrogens is 2. The second-order valence-corrected chi connectivity index (χ2v) is 16.7. The summed E-state index contributed by atoms with van der Waals surface area (Å²) in [6, 6.07) is 23.0. The SMILES string of the molecule is CCCCCCCCCCCCCCCCCCC[n+]1ccn(C(CCCCCCCCCCCC)C(C)(Cc2ccccc2)c2ccccc2)c1. The van der Waals surface area contributed by atoms with Crippen LogP contribution in [0.1, 0.15) is 218 Å². The zero-order valence-corrected chi connectivity index (χ0v) is 34.7. The largest absolute Gasteiger partial charge is 0.244 e. The van der Waals surface area contributed by atoms with Gasteiger partial charge >= 0.3 is 0 Å². The van der Waals surface area contributed by atoms with Crippen LogP contribution < -0.4 is 4.57 Å². The van der Waals surface area contributed by atoms with Crippen molar-refractivity contribution in [3.63, 3.8) is 0 Å². The third-order valence-corrected chi connectivity index (χ3v) is 12.0. The van der Waals surface area contributed by atoms with E-state index in [0.29, 0.717) is 6.04 Å². The first-order valence-corrected chi connectivity index (χ1v) is 22.8. The molecule has 0 saturated heterocycles. The summed E-state index contributed by atoms with van der Waals surface area (Å²) in [7, 11) is 0. The Kier molecular flexibility index (Phi) is 24.6. The van der Waals surface area contributed by atoms with Crippen molar-refractivity contribution in [1.29, 1.82) is 0 Å². The molecule has 3 rings (SSSR count). The van der Waals surface area contributed by atoms with Gasteiger partial charge in [-0.25, -0.2) is 9.13 Å². The van der Waals surface area contributed by atoms with Crippen molar-refractivity contribution in [1.82, 2.24) is 4.57 Å². The number of aryl methyl sites for hydroxylation is 1. The minimum atomic E-state index is 0.00657. The molecule has 0 aliphatic rings. The van der Waals surface area contributed by atoms with Crippen LogP contribution in [-0.4, -0.2) is 4.57 Å². The predicted molar refractivity (Wildman–Crippen MR) is 228 cm³/mol. The maximum Gasteiger partial charge on any atom is 0.244 e. The Morgan fingerprint density at radius 2 is 0.904 bits per heavy atom. The van der Waals surface area contributed by atoms with E-state index in [4.69, 9.17) is 0 Å². The molecule has 0 aliphatic carbocycles. The first-order valence-electron chi connectivity index (χ1n) is 22.8. The molecule has 2 unspecified atom stereocenters. The summed E-state index contributed by atoms with van der Waals surface area (Å²) in [6.45, 7) is 8.29. The number of hydrogen-bond donors (Lipinski definition) is 0. The van der Waals surface area contributed by atoms with E-state index in [1.807, 2.05) is 0 Å². The molecule has 2 heteroatoms. The topological polar surface area (TPSA) is 8.81 Å². The van der Waals surface area contributed by atoms with E-state index in [1.54, 1.807) is 0 Å². The van der Waals surface area contributed by atoms with Crippen molar-refractivity contribution in [2.75, 3.05) is 0 Å². The lowest BCUT2D eigenvalue weighted by atomic mass is 9.70. The molecule has 0 saturated carbocycles. The zero-order chi connectivity index (χ0) is 36.8. The van der Waals surface area contributed by atoms with E-state index in [2.05, 4.69) is 109 Å². The maximum atomic E-state index is 2.59. The molecule has 2 aromatic carbocycles. The summed E-state index contributed by atoms with van der Waals surface area (Å²) < 4.78 is 5.07. The van der Waals surface area contributed by atoms with E-state index in [1.165, 1.54) is 191 Å². The zero-order valence-electron chi connectivity index (χ0n) is 34.7. The molecule has 2 nitrogen and oxygen atoms in total. The summed E-state index contributed by atoms with van der Waals surface area (Å²) in [5, 5.41) is 0. The molecule has 0 aliphatic heterocycles. The third-order valence-electron chi connectivity index (χ3n) is 12.0. The summed E-state index contributed by atoms with van der Waals surface area (Å²) in [5.74, 6) is 0. The smallest absolute Gasteiger partial charge is 0.237 e. The molecule has 3 aromatic rings. The molecule has 0 spiro atoms. The van der Waals surface area contributed by atoms with E-state index in [0.717, 1.165) is 13.0 Å². The van der Waals surface area contributed by atoms with Crippen molar-refractivity contribution in [3.05, 3.63) is 90.5 Å². The van der Waals surface area contributed by atoms with Gasteiger partial charge in [0, 0.05) is 5.41 Å². The molecule has 2 atom stereocenters. The van der Waals surface area contributed by atoms with Gasteiger partial charge in [-0.05, 0) is 43.2 Å². The third kappa shape index (κ3) is 18.6. The molecule has 0 bridgehead atoms. The summed E-state index contributed by atoms with van der Waals surface area (Å²) in [4.78, 5) is 0. The van der Waals surface area contributed by atoms with Gasteiger partial charge in [-0.2, -0.15) is 0 Å². The summed E-state index contributed by atoms with van der Waals surface area (Å²) in [6.07, 6.45) is 47.6. The highest BCUT2D eigenvalue weighted by molar-refractivity contribution is 5.30. The van der Waals surface area contributed by atoms with Crippen molar-refractivity contribution in [2.24, 2.45) is 0 Å². The first kappa shape index (κ1) is 44.0.